The maximum Gasteiger partial charge on any atom is 0.309 e. The molecule has 2 aliphatic heterocycles. The van der Waals surface area contributed by atoms with Gasteiger partial charge in [0.2, 0.25) is 0 Å². The van der Waals surface area contributed by atoms with Gasteiger partial charge in [0, 0.05) is 31.2 Å². The number of carbonyl (C=O) groups excluding carboxylic acids is 1. The molecule has 0 amide bonds. The van der Waals surface area contributed by atoms with Crippen LogP contribution < -0.4 is 4.90 Å². The van der Waals surface area contributed by atoms with Gasteiger partial charge >= 0.3 is 5.97 Å². The molecule has 4 aliphatic rings. The number of anilines is 1. The summed E-state index contributed by atoms with van der Waals surface area (Å²) in [4.78, 5) is 18.1. The minimum Gasteiger partial charge on any atom is -0.469 e. The molecule has 4 fully saturated rings. The molecular formula is C33H41N3O4S. The summed E-state index contributed by atoms with van der Waals surface area (Å²) < 4.78 is 30.2. The van der Waals surface area contributed by atoms with Crippen LogP contribution in [0.5, 0.6) is 0 Å². The number of likely N-dealkylation sites (tertiary alicyclic amines) is 1. The lowest BCUT2D eigenvalue weighted by Gasteiger charge is -2.48. The first-order valence-corrected chi connectivity index (χ1v) is 16.8. The first-order valence-electron chi connectivity index (χ1n) is 15.2. The second-order valence-electron chi connectivity index (χ2n) is 12.6. The van der Waals surface area contributed by atoms with Gasteiger partial charge in [-0.05, 0) is 93.3 Å². The summed E-state index contributed by atoms with van der Waals surface area (Å²) in [6.45, 7) is 4.91. The highest BCUT2D eigenvalue weighted by atomic mass is 32.2. The second-order valence-corrected chi connectivity index (χ2v) is 14.8. The molecule has 7 nitrogen and oxygen atoms in total. The zero-order chi connectivity index (χ0) is 28.6. The largest absolute Gasteiger partial charge is 0.469 e. The van der Waals surface area contributed by atoms with E-state index in [1.807, 2.05) is 30.3 Å². The van der Waals surface area contributed by atoms with Crippen LogP contribution in [0.4, 0.5) is 5.69 Å². The fourth-order valence-electron chi connectivity index (χ4n) is 7.89. The lowest BCUT2D eigenvalue weighted by Crippen LogP contribution is -2.54. The van der Waals surface area contributed by atoms with E-state index in [1.54, 1.807) is 12.1 Å². The molecule has 2 heterocycles. The Morgan fingerprint density at radius 2 is 1.66 bits per heavy atom. The molecule has 3 atom stereocenters. The number of hydrogen-bond donors (Lipinski definition) is 0. The first-order chi connectivity index (χ1) is 19.9. The molecule has 8 heteroatoms. The minimum atomic E-state index is -3.14. The van der Waals surface area contributed by atoms with Crippen molar-refractivity contribution in [2.24, 2.45) is 23.7 Å². The van der Waals surface area contributed by atoms with E-state index in [4.69, 9.17) is 4.74 Å². The predicted octanol–water partition coefficient (Wildman–Crippen LogP) is 4.82. The van der Waals surface area contributed by atoms with Gasteiger partial charge in [-0.15, -0.1) is 0 Å². The molecule has 2 aromatic carbocycles. The molecule has 6 rings (SSSR count). The number of nitriles is 1. The molecule has 2 aliphatic carbocycles. The summed E-state index contributed by atoms with van der Waals surface area (Å²) >= 11 is 0. The van der Waals surface area contributed by atoms with Crippen LogP contribution in [0.2, 0.25) is 0 Å². The fraction of sp³-hybridized carbons (Fsp3) is 0.576. The smallest absolute Gasteiger partial charge is 0.309 e. The van der Waals surface area contributed by atoms with Crippen molar-refractivity contribution in [2.75, 3.05) is 44.7 Å². The summed E-state index contributed by atoms with van der Waals surface area (Å²) in [7, 11) is -1.68. The Balaban J connectivity index is 1.08. The van der Waals surface area contributed by atoms with E-state index < -0.39 is 15.3 Å². The fourth-order valence-corrected chi connectivity index (χ4v) is 9.55. The predicted molar refractivity (Wildman–Crippen MR) is 158 cm³/mol. The van der Waals surface area contributed by atoms with Crippen LogP contribution >= 0.6 is 0 Å². The highest BCUT2D eigenvalue weighted by molar-refractivity contribution is 7.92. The summed E-state index contributed by atoms with van der Waals surface area (Å²) in [5.41, 5.74) is 1.45. The van der Waals surface area contributed by atoms with Gasteiger partial charge in [0.1, 0.15) is 0 Å². The van der Waals surface area contributed by atoms with E-state index >= 15 is 0 Å². The van der Waals surface area contributed by atoms with E-state index in [-0.39, 0.29) is 29.0 Å². The molecule has 218 valence electrons. The molecular weight excluding hydrogens is 534 g/mol. The standard InChI is InChI=1S/C33H41N3O4S/c1-40-32(37)30-8-5-9-31(30)33(23-34,25-6-3-2-4-7-25)26-16-18-35(19-17-26)20-24-21-36(22-24)27-10-12-28(13-11-27)41(38,39)29-14-15-29/h2-4,6-7,10-13,24,26,29-31H,5,8-9,14-22H2,1H3/t30-,31?,33?/m1/s1. The van der Waals surface area contributed by atoms with E-state index in [1.165, 1.54) is 7.11 Å². The van der Waals surface area contributed by atoms with Crippen LogP contribution in [0.25, 0.3) is 0 Å². The van der Waals surface area contributed by atoms with Crippen LogP contribution in [-0.4, -0.2) is 64.4 Å². The van der Waals surface area contributed by atoms with Crippen molar-refractivity contribution in [1.29, 1.82) is 5.26 Å². The zero-order valence-electron chi connectivity index (χ0n) is 24.0. The number of nitrogens with zero attached hydrogens (tertiary/aromatic N) is 3. The van der Waals surface area contributed by atoms with E-state index in [2.05, 4.69) is 28.0 Å². The summed E-state index contributed by atoms with van der Waals surface area (Å²) in [5, 5.41) is 10.7. The third-order valence-corrected chi connectivity index (χ3v) is 12.5. The molecule has 0 bridgehead atoms. The second kappa shape index (κ2) is 11.4. The number of ether oxygens (including phenoxy) is 1. The van der Waals surface area contributed by atoms with Gasteiger partial charge in [-0.2, -0.15) is 5.26 Å². The Hall–Kier alpha value is -2.89. The molecule has 2 aromatic rings. The average molecular weight is 576 g/mol. The maximum absolute atomic E-state index is 12.8. The number of hydrogen-bond acceptors (Lipinski definition) is 7. The molecule has 2 saturated carbocycles. The summed E-state index contributed by atoms with van der Waals surface area (Å²) in [6, 6.07) is 20.4. The third-order valence-electron chi connectivity index (χ3n) is 10.2. The number of piperidine rings is 1. The van der Waals surface area contributed by atoms with Crippen LogP contribution in [0.3, 0.4) is 0 Å². The van der Waals surface area contributed by atoms with Crippen LogP contribution in [-0.2, 0) is 24.8 Å². The zero-order valence-corrected chi connectivity index (χ0v) is 24.8. The van der Waals surface area contributed by atoms with Crippen molar-refractivity contribution in [2.45, 2.75) is 60.5 Å². The van der Waals surface area contributed by atoms with Gasteiger partial charge in [-0.3, -0.25) is 4.79 Å². The average Bonchev–Trinajstić information content (AvgIpc) is 3.75. The number of rotatable bonds is 9. The van der Waals surface area contributed by atoms with E-state index in [0.29, 0.717) is 10.8 Å². The summed E-state index contributed by atoms with van der Waals surface area (Å²) in [6.07, 6.45) is 6.09. The highest BCUT2D eigenvalue weighted by Gasteiger charge is 2.54. The Morgan fingerprint density at radius 1 is 0.976 bits per heavy atom. The molecule has 0 spiro atoms. The van der Waals surface area contributed by atoms with Crippen molar-refractivity contribution < 1.29 is 17.9 Å². The van der Waals surface area contributed by atoms with Crippen molar-refractivity contribution in [3.63, 3.8) is 0 Å². The molecule has 0 radical (unpaired) electrons. The van der Waals surface area contributed by atoms with Gasteiger partial charge in [0.25, 0.3) is 0 Å². The van der Waals surface area contributed by atoms with E-state index in [9.17, 15) is 18.5 Å². The topological polar surface area (TPSA) is 90.7 Å². The van der Waals surface area contributed by atoms with Crippen molar-refractivity contribution in [3.05, 3.63) is 60.2 Å². The molecule has 2 saturated heterocycles. The van der Waals surface area contributed by atoms with Gasteiger partial charge in [-0.25, -0.2) is 8.42 Å². The van der Waals surface area contributed by atoms with Gasteiger partial charge < -0.3 is 14.5 Å². The molecule has 0 N–H and O–H groups in total. The lowest BCUT2D eigenvalue weighted by molar-refractivity contribution is -0.147. The third kappa shape index (κ3) is 5.28. The first kappa shape index (κ1) is 28.2. The quantitative estimate of drug-likeness (QED) is 0.396. The van der Waals surface area contributed by atoms with Gasteiger partial charge in [0.05, 0.1) is 34.7 Å². The number of carbonyl (C=O) groups is 1. The van der Waals surface area contributed by atoms with Gasteiger partial charge in [-0.1, -0.05) is 36.8 Å². The van der Waals surface area contributed by atoms with Crippen LogP contribution in [0.1, 0.15) is 50.5 Å². The SMILES string of the molecule is COC(=O)[C@@H]1CCCC1C(C#N)(c1ccccc1)C1CCN(CC2CN(c3ccc(S(=O)(=O)C4CC4)cc3)C2)CC1. The number of esters is 1. The number of methoxy groups -OCH3 is 1. The Labute approximate surface area is 244 Å². The summed E-state index contributed by atoms with van der Waals surface area (Å²) in [5.74, 6) is 0.361. The lowest BCUT2D eigenvalue weighted by atomic mass is 9.58. The maximum atomic E-state index is 12.8. The van der Waals surface area contributed by atoms with Crippen LogP contribution in [0.15, 0.2) is 59.5 Å². The number of sulfone groups is 1. The molecule has 0 aromatic heterocycles. The minimum absolute atomic E-state index is 0.0234. The van der Waals surface area contributed by atoms with Crippen molar-refractivity contribution >= 4 is 21.5 Å². The Kier molecular flexibility index (Phi) is 7.86. The van der Waals surface area contributed by atoms with Crippen molar-refractivity contribution in [1.82, 2.24) is 4.90 Å². The monoisotopic (exact) mass is 575 g/mol. The van der Waals surface area contributed by atoms with Crippen LogP contribution in [0, 0.1) is 35.0 Å². The van der Waals surface area contributed by atoms with Crippen molar-refractivity contribution in [3.8, 4) is 6.07 Å². The Morgan fingerprint density at radius 3 is 2.27 bits per heavy atom. The van der Waals surface area contributed by atoms with E-state index in [0.717, 1.165) is 88.9 Å². The molecule has 41 heavy (non-hydrogen) atoms. The molecule has 2 unspecified atom stereocenters. The normalized spacial score (nSPS) is 25.7. The Bertz CT molecular complexity index is 1370. The van der Waals surface area contributed by atoms with Gasteiger partial charge in [0.15, 0.2) is 9.84 Å². The highest BCUT2D eigenvalue weighted by Crippen LogP contribution is 2.52. The number of benzene rings is 2.